The van der Waals surface area contributed by atoms with E-state index in [4.69, 9.17) is 4.74 Å². The van der Waals surface area contributed by atoms with Crippen LogP contribution in [0, 0.1) is 0 Å². The fourth-order valence-electron chi connectivity index (χ4n) is 2.70. The van der Waals surface area contributed by atoms with Gasteiger partial charge in [-0.25, -0.2) is 4.98 Å². The zero-order chi connectivity index (χ0) is 18.2. The number of nitrogens with one attached hydrogen (secondary N) is 2. The monoisotopic (exact) mass is 349 g/mol. The molecule has 0 saturated heterocycles. The molecular weight excluding hydrogens is 326 g/mol. The molecule has 0 saturated carbocycles. The molecule has 2 N–H and O–H groups in total. The highest BCUT2D eigenvalue weighted by Gasteiger charge is 2.17. The molecule has 0 unspecified atom stereocenters. The van der Waals surface area contributed by atoms with Crippen molar-refractivity contribution in [3.63, 3.8) is 0 Å². The van der Waals surface area contributed by atoms with Gasteiger partial charge in [0.2, 0.25) is 0 Å². The van der Waals surface area contributed by atoms with Crippen LogP contribution >= 0.6 is 0 Å². The number of carbonyl (C=O) groups excluding carboxylic acids is 1. The van der Waals surface area contributed by atoms with Crippen LogP contribution in [0.4, 0.5) is 0 Å². The lowest BCUT2D eigenvalue weighted by atomic mass is 10.0. The molecule has 0 bridgehead atoms. The summed E-state index contributed by atoms with van der Waals surface area (Å²) in [5, 5.41) is 3.11. The standard InChI is InChI=1S/C21H23N3O2/c1-2-14-26-18-10-8-17(9-11-18)21(25)24-19(15-20-22-12-13-23-20)16-6-4-3-5-7-16/h3-13,19H,2,14-15H2,1H3,(H,22,23)(H,24,25)/t19-/m0/s1. The second-order valence-electron chi connectivity index (χ2n) is 6.05. The molecular formula is C21H23N3O2. The van der Waals surface area contributed by atoms with E-state index >= 15 is 0 Å². The van der Waals surface area contributed by atoms with E-state index in [0.717, 1.165) is 23.6 Å². The van der Waals surface area contributed by atoms with E-state index in [1.807, 2.05) is 42.5 Å². The van der Waals surface area contributed by atoms with Gasteiger partial charge in [-0.2, -0.15) is 0 Å². The first kappa shape index (κ1) is 17.7. The van der Waals surface area contributed by atoms with Crippen molar-refractivity contribution in [1.29, 1.82) is 0 Å². The van der Waals surface area contributed by atoms with Crippen molar-refractivity contribution in [2.45, 2.75) is 25.8 Å². The molecule has 134 valence electrons. The molecule has 2 aromatic carbocycles. The third-order valence-corrected chi connectivity index (χ3v) is 4.05. The van der Waals surface area contributed by atoms with Gasteiger partial charge in [-0.1, -0.05) is 37.3 Å². The molecule has 1 heterocycles. The summed E-state index contributed by atoms with van der Waals surface area (Å²) < 4.78 is 5.57. The number of hydrogen-bond donors (Lipinski definition) is 2. The Morgan fingerprint density at radius 3 is 2.58 bits per heavy atom. The van der Waals surface area contributed by atoms with Crippen LogP contribution in [0.1, 0.15) is 41.1 Å². The van der Waals surface area contributed by atoms with Gasteiger partial charge in [0.05, 0.1) is 12.6 Å². The maximum atomic E-state index is 12.7. The molecule has 1 amide bonds. The Kier molecular flexibility index (Phi) is 6.04. The molecule has 3 aromatic rings. The number of benzene rings is 2. The van der Waals surface area contributed by atoms with Crippen molar-refractivity contribution >= 4 is 5.91 Å². The topological polar surface area (TPSA) is 67.0 Å². The predicted octanol–water partition coefficient (Wildman–Crippen LogP) is 3.91. The summed E-state index contributed by atoms with van der Waals surface area (Å²) in [6, 6.07) is 17.0. The normalized spacial score (nSPS) is 11.7. The number of amides is 1. The van der Waals surface area contributed by atoms with Crippen molar-refractivity contribution in [2.24, 2.45) is 0 Å². The van der Waals surface area contributed by atoms with Gasteiger partial charge in [0.15, 0.2) is 0 Å². The number of hydrogen-bond acceptors (Lipinski definition) is 3. The smallest absolute Gasteiger partial charge is 0.251 e. The van der Waals surface area contributed by atoms with Gasteiger partial charge in [-0.05, 0) is 36.2 Å². The lowest BCUT2D eigenvalue weighted by Gasteiger charge is -2.18. The second kappa shape index (κ2) is 8.85. The summed E-state index contributed by atoms with van der Waals surface area (Å²) in [7, 11) is 0. The average Bonchev–Trinajstić information content (AvgIpc) is 3.20. The largest absolute Gasteiger partial charge is 0.494 e. The number of nitrogens with zero attached hydrogens (tertiary/aromatic N) is 1. The fraction of sp³-hybridized carbons (Fsp3) is 0.238. The molecule has 0 radical (unpaired) electrons. The Bertz CT molecular complexity index is 799. The van der Waals surface area contributed by atoms with Crippen LogP contribution in [0.3, 0.4) is 0 Å². The summed E-state index contributed by atoms with van der Waals surface area (Å²) in [6.45, 7) is 2.73. The maximum absolute atomic E-state index is 12.7. The number of ether oxygens (including phenoxy) is 1. The lowest BCUT2D eigenvalue weighted by molar-refractivity contribution is 0.0936. The van der Waals surface area contributed by atoms with E-state index < -0.39 is 0 Å². The van der Waals surface area contributed by atoms with Crippen molar-refractivity contribution in [1.82, 2.24) is 15.3 Å². The van der Waals surface area contributed by atoms with E-state index in [2.05, 4.69) is 22.2 Å². The van der Waals surface area contributed by atoms with Crippen LogP contribution in [0.25, 0.3) is 0 Å². The number of rotatable bonds is 8. The van der Waals surface area contributed by atoms with Crippen molar-refractivity contribution in [3.05, 3.63) is 83.9 Å². The Morgan fingerprint density at radius 1 is 1.15 bits per heavy atom. The van der Waals surface area contributed by atoms with Gasteiger partial charge in [0.1, 0.15) is 11.6 Å². The third-order valence-electron chi connectivity index (χ3n) is 4.05. The van der Waals surface area contributed by atoms with Gasteiger partial charge in [-0.15, -0.1) is 0 Å². The lowest BCUT2D eigenvalue weighted by Crippen LogP contribution is -2.30. The van der Waals surface area contributed by atoms with Crippen molar-refractivity contribution in [3.8, 4) is 5.75 Å². The minimum Gasteiger partial charge on any atom is -0.494 e. The predicted molar refractivity (Wildman–Crippen MR) is 101 cm³/mol. The van der Waals surface area contributed by atoms with E-state index in [0.29, 0.717) is 18.6 Å². The first-order valence-electron chi connectivity index (χ1n) is 8.83. The van der Waals surface area contributed by atoms with E-state index in [-0.39, 0.29) is 11.9 Å². The highest BCUT2D eigenvalue weighted by atomic mass is 16.5. The van der Waals surface area contributed by atoms with Gasteiger partial charge in [0.25, 0.3) is 5.91 Å². The molecule has 1 aromatic heterocycles. The highest BCUT2D eigenvalue weighted by Crippen LogP contribution is 2.18. The van der Waals surface area contributed by atoms with Crippen LogP contribution in [0.15, 0.2) is 67.0 Å². The van der Waals surface area contributed by atoms with Crippen LogP contribution in [-0.2, 0) is 6.42 Å². The summed E-state index contributed by atoms with van der Waals surface area (Å²) in [5.41, 5.74) is 1.65. The molecule has 3 rings (SSSR count). The number of carbonyl (C=O) groups is 1. The summed E-state index contributed by atoms with van der Waals surface area (Å²) >= 11 is 0. The van der Waals surface area contributed by atoms with Gasteiger partial charge >= 0.3 is 0 Å². The van der Waals surface area contributed by atoms with E-state index in [1.54, 1.807) is 24.5 Å². The van der Waals surface area contributed by atoms with E-state index in [9.17, 15) is 4.79 Å². The molecule has 1 atom stereocenters. The maximum Gasteiger partial charge on any atom is 0.251 e. The molecule has 0 spiro atoms. The minimum absolute atomic E-state index is 0.118. The summed E-state index contributed by atoms with van der Waals surface area (Å²) in [4.78, 5) is 20.1. The highest BCUT2D eigenvalue weighted by molar-refractivity contribution is 5.94. The van der Waals surface area contributed by atoms with Crippen LogP contribution in [-0.4, -0.2) is 22.5 Å². The molecule has 0 aliphatic rings. The zero-order valence-electron chi connectivity index (χ0n) is 14.8. The van der Waals surface area contributed by atoms with Crippen LogP contribution < -0.4 is 10.1 Å². The zero-order valence-corrected chi connectivity index (χ0v) is 14.8. The van der Waals surface area contributed by atoms with Crippen LogP contribution in [0.2, 0.25) is 0 Å². The Labute approximate surface area is 153 Å². The van der Waals surface area contributed by atoms with Gasteiger partial charge < -0.3 is 15.0 Å². The molecule has 0 aliphatic carbocycles. The molecule has 0 fully saturated rings. The number of H-pyrrole nitrogens is 1. The van der Waals surface area contributed by atoms with Gasteiger partial charge in [-0.3, -0.25) is 4.79 Å². The quantitative estimate of drug-likeness (QED) is 0.648. The number of aromatic nitrogens is 2. The average molecular weight is 349 g/mol. The van der Waals surface area contributed by atoms with Crippen molar-refractivity contribution in [2.75, 3.05) is 6.61 Å². The molecule has 26 heavy (non-hydrogen) atoms. The Hall–Kier alpha value is -3.08. The van der Waals surface area contributed by atoms with Crippen LogP contribution in [0.5, 0.6) is 5.75 Å². The molecule has 0 aliphatic heterocycles. The van der Waals surface area contributed by atoms with E-state index in [1.165, 1.54) is 0 Å². The van der Waals surface area contributed by atoms with Crippen molar-refractivity contribution < 1.29 is 9.53 Å². The minimum atomic E-state index is -0.161. The second-order valence-corrected chi connectivity index (χ2v) is 6.05. The Morgan fingerprint density at radius 2 is 1.92 bits per heavy atom. The summed E-state index contributed by atoms with van der Waals surface area (Å²) in [5.74, 6) is 1.49. The number of aromatic amines is 1. The Balaban J connectivity index is 1.72. The number of imidazole rings is 1. The molecule has 5 heteroatoms. The third kappa shape index (κ3) is 4.72. The van der Waals surface area contributed by atoms with Gasteiger partial charge in [0, 0.05) is 24.4 Å². The molecule has 5 nitrogen and oxygen atoms in total. The first-order chi connectivity index (χ1) is 12.8. The first-order valence-corrected chi connectivity index (χ1v) is 8.83. The SMILES string of the molecule is CCCOc1ccc(C(=O)N[C@@H](Cc2ncc[nH]2)c2ccccc2)cc1. The summed E-state index contributed by atoms with van der Waals surface area (Å²) in [6.07, 6.45) is 5.05. The fourth-order valence-corrected chi connectivity index (χ4v) is 2.70.